The van der Waals surface area contributed by atoms with Crippen molar-refractivity contribution in [3.8, 4) is 23.7 Å². The van der Waals surface area contributed by atoms with E-state index in [9.17, 15) is 18.6 Å². The zero-order valence-electron chi connectivity index (χ0n) is 29.5. The Balaban J connectivity index is 0.000000201. The minimum absolute atomic E-state index is 0.558. The van der Waals surface area contributed by atoms with E-state index in [1.807, 2.05) is 147 Å². The van der Waals surface area contributed by atoms with E-state index < -0.39 is 32.8 Å². The largest absolute Gasteiger partial charge is 0.374 e. The lowest BCUT2D eigenvalue weighted by Gasteiger charge is -2.20. The molecule has 0 aliphatic heterocycles. The number of rotatable bonds is 6. The highest BCUT2D eigenvalue weighted by Crippen LogP contribution is 2.30. The van der Waals surface area contributed by atoms with Crippen molar-refractivity contribution in [1.29, 1.82) is 0 Å². The van der Waals surface area contributed by atoms with Crippen LogP contribution in [-0.4, -0.2) is 18.6 Å². The maximum Gasteiger partial charge on any atom is 0.149 e. The summed E-state index contributed by atoms with van der Waals surface area (Å²) in [6.07, 6.45) is 0. The van der Waals surface area contributed by atoms with Crippen LogP contribution >= 0.6 is 0 Å². The van der Waals surface area contributed by atoms with Gasteiger partial charge < -0.3 is 10.2 Å². The van der Waals surface area contributed by atoms with Crippen LogP contribution in [0.2, 0.25) is 0 Å². The molecule has 4 nitrogen and oxygen atoms in total. The fourth-order valence-electron chi connectivity index (χ4n) is 5.20. The second-order valence-electron chi connectivity index (χ2n) is 12.5. The quantitative estimate of drug-likeness (QED) is 0.169. The van der Waals surface area contributed by atoms with Crippen LogP contribution in [0.4, 0.5) is 0 Å². The number of hydrogen-bond donors (Lipinski definition) is 2. The molecule has 6 rings (SSSR count). The second-order valence-corrected chi connectivity index (χ2v) is 15.4. The van der Waals surface area contributed by atoms with Gasteiger partial charge in [-0.2, -0.15) is 0 Å². The fraction of sp³-hybridized carbons (Fsp3) is 0.130. The highest BCUT2D eigenvalue weighted by molar-refractivity contribution is 7.85. The van der Waals surface area contributed by atoms with Crippen LogP contribution in [0.15, 0.2) is 177 Å². The lowest BCUT2D eigenvalue weighted by molar-refractivity contribution is 0.118. The normalized spacial score (nSPS) is 14.0. The van der Waals surface area contributed by atoms with E-state index in [1.165, 1.54) is 0 Å². The van der Waals surface area contributed by atoms with Crippen LogP contribution < -0.4 is 0 Å². The molecule has 0 saturated carbocycles. The van der Waals surface area contributed by atoms with Gasteiger partial charge in [0, 0.05) is 32.0 Å². The molecule has 6 aromatic rings. The Labute approximate surface area is 312 Å². The first-order chi connectivity index (χ1) is 24.9. The first-order valence-electron chi connectivity index (χ1n) is 16.7. The van der Waals surface area contributed by atoms with Gasteiger partial charge in [-0.1, -0.05) is 132 Å². The second kappa shape index (κ2) is 17.2. The van der Waals surface area contributed by atoms with Crippen LogP contribution in [0.25, 0.3) is 0 Å². The van der Waals surface area contributed by atoms with Crippen molar-refractivity contribution in [3.05, 3.63) is 191 Å². The van der Waals surface area contributed by atoms with Gasteiger partial charge in [0.1, 0.15) is 11.2 Å². The zero-order chi connectivity index (χ0) is 37.1. The maximum absolute atomic E-state index is 13.1. The minimum atomic E-state index is -1.41. The fourth-order valence-corrected chi connectivity index (χ4v) is 7.82. The van der Waals surface area contributed by atoms with Crippen molar-refractivity contribution in [2.24, 2.45) is 0 Å². The van der Waals surface area contributed by atoms with Crippen LogP contribution in [0.1, 0.15) is 47.2 Å². The van der Waals surface area contributed by atoms with E-state index in [0.717, 1.165) is 22.3 Å². The van der Waals surface area contributed by atoms with Crippen LogP contribution in [0.5, 0.6) is 0 Å². The molecule has 260 valence electrons. The Morgan fingerprint density at radius 1 is 0.442 bits per heavy atom. The molecule has 4 atom stereocenters. The molecular formula is C46H40O4S2. The number of benzene rings is 6. The van der Waals surface area contributed by atoms with E-state index in [0.29, 0.717) is 30.7 Å². The van der Waals surface area contributed by atoms with Gasteiger partial charge in [0.2, 0.25) is 0 Å². The molecule has 0 unspecified atom stereocenters. The summed E-state index contributed by atoms with van der Waals surface area (Å²) in [5.74, 6) is 11.8. The Bertz CT molecular complexity index is 2120. The molecule has 0 spiro atoms. The number of aryl methyl sites for hydroxylation is 2. The molecule has 0 fully saturated rings. The predicted octanol–water partition coefficient (Wildman–Crippen LogP) is 8.84. The average molecular weight is 721 g/mol. The number of aliphatic hydroxyl groups is 2. The third kappa shape index (κ3) is 9.92. The molecule has 0 saturated heterocycles. The molecule has 0 bridgehead atoms. The molecule has 6 aromatic carbocycles. The topological polar surface area (TPSA) is 74.6 Å². The lowest BCUT2D eigenvalue weighted by Crippen LogP contribution is -2.21. The molecule has 6 heteroatoms. The Hall–Kier alpha value is -5.34. The standard InChI is InChI=1S/2C23H20O2S/c2*1-18-12-14-20(15-13-18)26(25)22-11-7-6-10-21(22)23(2,24)17-16-19-8-4-3-5-9-19/h2*3-15,24H,1-2H3/t2*23-,26+/m11/s1. The van der Waals surface area contributed by atoms with Crippen molar-refractivity contribution < 1.29 is 18.6 Å². The highest BCUT2D eigenvalue weighted by Gasteiger charge is 2.27. The summed E-state index contributed by atoms with van der Waals surface area (Å²) in [7, 11) is -2.78. The highest BCUT2D eigenvalue weighted by atomic mass is 32.2. The van der Waals surface area contributed by atoms with Crippen molar-refractivity contribution in [2.45, 2.75) is 58.5 Å². The van der Waals surface area contributed by atoms with Gasteiger partial charge in [-0.05, 0) is 88.4 Å². The van der Waals surface area contributed by atoms with Crippen molar-refractivity contribution in [1.82, 2.24) is 0 Å². The monoisotopic (exact) mass is 720 g/mol. The van der Waals surface area contributed by atoms with Crippen molar-refractivity contribution >= 4 is 21.6 Å². The maximum atomic E-state index is 13.1. The van der Waals surface area contributed by atoms with Gasteiger partial charge in [0.05, 0.1) is 31.4 Å². The van der Waals surface area contributed by atoms with E-state index in [4.69, 9.17) is 0 Å². The van der Waals surface area contributed by atoms with Gasteiger partial charge in [-0.15, -0.1) is 0 Å². The van der Waals surface area contributed by atoms with Gasteiger partial charge in [-0.3, -0.25) is 0 Å². The molecule has 0 aromatic heterocycles. The van der Waals surface area contributed by atoms with Gasteiger partial charge >= 0.3 is 0 Å². The molecule has 0 amide bonds. The minimum Gasteiger partial charge on any atom is -0.374 e. The SMILES string of the molecule is Cc1ccc([S@](=O)c2ccccc2[C@](C)(O)C#Cc2ccccc2)cc1.Cc1ccc([S@](=O)c2ccccc2[C@](C)(O)C#Cc2ccccc2)cc1. The van der Waals surface area contributed by atoms with E-state index in [1.54, 1.807) is 38.1 Å². The Morgan fingerprint density at radius 2 is 0.750 bits per heavy atom. The van der Waals surface area contributed by atoms with Gasteiger partial charge in [0.25, 0.3) is 0 Å². The van der Waals surface area contributed by atoms with Crippen LogP contribution in [0.3, 0.4) is 0 Å². The summed E-state index contributed by atoms with van der Waals surface area (Å²) < 4.78 is 26.1. The van der Waals surface area contributed by atoms with E-state index in [-0.39, 0.29) is 0 Å². The summed E-state index contributed by atoms with van der Waals surface area (Å²) >= 11 is 0. The first kappa shape index (κ1) is 37.9. The molecule has 0 aliphatic carbocycles. The Kier molecular flexibility index (Phi) is 12.6. The van der Waals surface area contributed by atoms with E-state index >= 15 is 0 Å². The van der Waals surface area contributed by atoms with Gasteiger partial charge in [0.15, 0.2) is 0 Å². The molecular weight excluding hydrogens is 681 g/mol. The molecule has 0 radical (unpaired) electrons. The Morgan fingerprint density at radius 3 is 1.10 bits per heavy atom. The van der Waals surface area contributed by atoms with Crippen LogP contribution in [-0.2, 0) is 32.8 Å². The number of hydrogen-bond acceptors (Lipinski definition) is 4. The van der Waals surface area contributed by atoms with Crippen LogP contribution in [0, 0.1) is 37.5 Å². The average Bonchev–Trinajstić information content (AvgIpc) is 3.17. The van der Waals surface area contributed by atoms with Crippen molar-refractivity contribution in [2.75, 3.05) is 0 Å². The first-order valence-corrected chi connectivity index (χ1v) is 19.0. The molecule has 0 heterocycles. The third-order valence-corrected chi connectivity index (χ3v) is 11.1. The summed E-state index contributed by atoms with van der Waals surface area (Å²) in [4.78, 5) is 2.55. The summed E-state index contributed by atoms with van der Waals surface area (Å²) in [5.41, 5.74) is 2.17. The third-order valence-electron chi connectivity index (χ3n) is 8.14. The smallest absolute Gasteiger partial charge is 0.149 e. The lowest BCUT2D eigenvalue weighted by atomic mass is 9.96. The predicted molar refractivity (Wildman–Crippen MR) is 210 cm³/mol. The zero-order valence-corrected chi connectivity index (χ0v) is 31.2. The molecule has 0 aliphatic rings. The summed E-state index contributed by atoms with van der Waals surface area (Å²) in [6, 6.07) is 48.6. The van der Waals surface area contributed by atoms with E-state index in [2.05, 4.69) is 23.7 Å². The molecule has 52 heavy (non-hydrogen) atoms. The van der Waals surface area contributed by atoms with Crippen molar-refractivity contribution in [3.63, 3.8) is 0 Å². The summed E-state index contributed by atoms with van der Waals surface area (Å²) in [5, 5.41) is 21.9. The van der Waals surface area contributed by atoms with Gasteiger partial charge in [-0.25, -0.2) is 8.42 Å². The molecule has 2 N–H and O–H groups in total. The summed E-state index contributed by atoms with van der Waals surface area (Å²) in [6.45, 7) is 7.25.